The van der Waals surface area contributed by atoms with Gasteiger partial charge in [-0.15, -0.1) is 0 Å². The first-order chi connectivity index (χ1) is 26.8. The van der Waals surface area contributed by atoms with Gasteiger partial charge in [-0.25, -0.2) is 0 Å². The molecule has 6 aromatic rings. The molecule has 2 nitrogen and oxygen atoms in total. The number of allylic oxidation sites excluding steroid dienone is 8. The van der Waals surface area contributed by atoms with Gasteiger partial charge in [-0.2, -0.15) is 0 Å². The summed E-state index contributed by atoms with van der Waals surface area (Å²) in [7, 11) is 0. The Bertz CT molecular complexity index is 2220. The number of benzene rings is 6. The van der Waals surface area contributed by atoms with Crippen LogP contribution in [0, 0.1) is 5.92 Å². The van der Waals surface area contributed by atoms with Gasteiger partial charge in [-0.3, -0.25) is 0 Å². The lowest BCUT2D eigenvalue weighted by Crippen LogP contribution is -2.30. The van der Waals surface area contributed by atoms with Crippen LogP contribution in [0.3, 0.4) is 0 Å². The van der Waals surface area contributed by atoms with Crippen molar-refractivity contribution < 1.29 is 0 Å². The second-order valence-corrected chi connectivity index (χ2v) is 13.7. The van der Waals surface area contributed by atoms with E-state index in [0.29, 0.717) is 5.92 Å². The maximum Gasteiger partial charge on any atom is 0.0560 e. The number of nitrogens with zero attached hydrogens (tertiary/aromatic N) is 2. The molecule has 2 atom stereocenters. The van der Waals surface area contributed by atoms with Crippen LogP contribution in [0.5, 0.6) is 0 Å². The number of para-hydroxylation sites is 4. The third-order valence-corrected chi connectivity index (χ3v) is 10.1. The van der Waals surface area contributed by atoms with Crippen molar-refractivity contribution in [2.45, 2.75) is 18.9 Å². The number of anilines is 5. The van der Waals surface area contributed by atoms with Crippen LogP contribution < -0.4 is 9.80 Å². The van der Waals surface area contributed by atoms with Crippen molar-refractivity contribution in [3.05, 3.63) is 241 Å². The molecule has 8 rings (SSSR count). The zero-order valence-electron chi connectivity index (χ0n) is 30.4. The maximum absolute atomic E-state index is 2.42. The van der Waals surface area contributed by atoms with Crippen molar-refractivity contribution in [3.8, 4) is 0 Å². The summed E-state index contributed by atoms with van der Waals surface area (Å²) in [5.74, 6) is 0.379. The third kappa shape index (κ3) is 8.36. The topological polar surface area (TPSA) is 6.48 Å². The first-order valence-corrected chi connectivity index (χ1v) is 18.9. The fourth-order valence-electron chi connectivity index (χ4n) is 7.19. The van der Waals surface area contributed by atoms with E-state index in [1.807, 2.05) is 0 Å². The van der Waals surface area contributed by atoms with Crippen LogP contribution >= 0.6 is 0 Å². The van der Waals surface area contributed by atoms with Crippen LogP contribution in [-0.2, 0) is 0 Å². The van der Waals surface area contributed by atoms with E-state index in [4.69, 9.17) is 0 Å². The average molecular weight is 697 g/mol. The molecule has 0 aromatic heterocycles. The van der Waals surface area contributed by atoms with E-state index in [-0.39, 0.29) is 6.04 Å². The summed E-state index contributed by atoms with van der Waals surface area (Å²) in [5.41, 5.74) is 12.0. The van der Waals surface area contributed by atoms with Gasteiger partial charge in [0.25, 0.3) is 0 Å². The number of rotatable bonds is 11. The highest BCUT2D eigenvalue weighted by Gasteiger charge is 2.19. The van der Waals surface area contributed by atoms with Crippen molar-refractivity contribution in [2.75, 3.05) is 9.80 Å². The number of hydrogen-bond donors (Lipinski definition) is 0. The monoisotopic (exact) mass is 696 g/mol. The minimum Gasteiger partial charge on any atom is -0.334 e. The van der Waals surface area contributed by atoms with Crippen molar-refractivity contribution in [3.63, 3.8) is 0 Å². The molecule has 6 aromatic carbocycles. The molecule has 0 fully saturated rings. The van der Waals surface area contributed by atoms with E-state index in [1.165, 1.54) is 39.2 Å². The predicted octanol–water partition coefficient (Wildman–Crippen LogP) is 13.9. The van der Waals surface area contributed by atoms with Gasteiger partial charge in [0.2, 0.25) is 0 Å². The van der Waals surface area contributed by atoms with Crippen LogP contribution in [0.15, 0.2) is 224 Å². The summed E-state index contributed by atoms with van der Waals surface area (Å²) in [6.07, 6.45) is 24.8. The molecule has 2 aliphatic carbocycles. The van der Waals surface area contributed by atoms with Crippen molar-refractivity contribution in [1.82, 2.24) is 0 Å². The van der Waals surface area contributed by atoms with Crippen molar-refractivity contribution in [2.24, 2.45) is 5.92 Å². The molecule has 0 amide bonds. The van der Waals surface area contributed by atoms with Gasteiger partial charge >= 0.3 is 0 Å². The highest BCUT2D eigenvalue weighted by Crippen LogP contribution is 2.35. The summed E-state index contributed by atoms with van der Waals surface area (Å²) < 4.78 is 0. The van der Waals surface area contributed by atoms with Crippen molar-refractivity contribution in [1.29, 1.82) is 0 Å². The second-order valence-electron chi connectivity index (χ2n) is 13.7. The summed E-state index contributed by atoms with van der Waals surface area (Å²) >= 11 is 0. The Labute approximate surface area is 320 Å². The second kappa shape index (κ2) is 16.8. The van der Waals surface area contributed by atoms with E-state index < -0.39 is 0 Å². The van der Waals surface area contributed by atoms with Crippen LogP contribution in [-0.4, -0.2) is 6.04 Å². The Kier molecular flexibility index (Phi) is 10.7. The van der Waals surface area contributed by atoms with Crippen LogP contribution in [0.4, 0.5) is 28.4 Å². The van der Waals surface area contributed by atoms with E-state index in [1.54, 1.807) is 0 Å². The molecule has 54 heavy (non-hydrogen) atoms. The molecule has 0 saturated heterocycles. The quantitative estimate of drug-likeness (QED) is 0.133. The fourth-order valence-corrected chi connectivity index (χ4v) is 7.19. The Morgan fingerprint density at radius 1 is 0.426 bits per heavy atom. The Morgan fingerprint density at radius 3 is 1.46 bits per heavy atom. The van der Waals surface area contributed by atoms with Gasteiger partial charge in [0, 0.05) is 28.4 Å². The Hall–Kier alpha value is -6.64. The SMILES string of the molecule is C1=CC(N(c2ccccc2)c2ccccc2)CC=C1/C=C/c1ccc(C2=CCC(/C=C/c3ccc(N(c4ccccc4)c4ccccc4)cc3)C=C2)cc1. The van der Waals surface area contributed by atoms with Gasteiger partial charge in [0.1, 0.15) is 0 Å². The van der Waals surface area contributed by atoms with Gasteiger partial charge in [0.05, 0.1) is 6.04 Å². The molecular formula is C52H44N2. The van der Waals surface area contributed by atoms with E-state index >= 15 is 0 Å². The molecule has 0 heterocycles. The molecular weight excluding hydrogens is 653 g/mol. The lowest BCUT2D eigenvalue weighted by atomic mass is 9.92. The molecule has 2 aliphatic rings. The summed E-state index contributed by atoms with van der Waals surface area (Å²) in [6.45, 7) is 0. The summed E-state index contributed by atoms with van der Waals surface area (Å²) in [5, 5.41) is 0. The van der Waals surface area contributed by atoms with Gasteiger partial charge in [-0.05, 0) is 107 Å². The molecule has 0 N–H and O–H groups in total. The molecule has 0 aliphatic heterocycles. The highest BCUT2D eigenvalue weighted by atomic mass is 15.2. The van der Waals surface area contributed by atoms with Gasteiger partial charge < -0.3 is 9.80 Å². The lowest BCUT2D eigenvalue weighted by molar-refractivity contribution is 0.782. The zero-order valence-corrected chi connectivity index (χ0v) is 30.4. The standard InChI is InChI=1S/C52H44N2/c1-5-13-47(14-6-1)53(48-15-7-2-8-16-48)51-37-29-43(30-38-51)23-21-41-25-33-45(34-26-41)46-35-27-42(28-36-46)22-24-44-31-39-52(40-32-44)54(49-17-9-3-10-18-49)50-19-11-4-12-20-50/h1-27,29-37,39-40,42,51H,28,38H2/b23-21+,24-22+. The first-order valence-electron chi connectivity index (χ1n) is 18.9. The molecule has 0 saturated carbocycles. The van der Waals surface area contributed by atoms with Gasteiger partial charge in [-0.1, -0.05) is 170 Å². The minimum atomic E-state index is 0.265. The summed E-state index contributed by atoms with van der Waals surface area (Å²) in [4.78, 5) is 4.71. The van der Waals surface area contributed by atoms with Crippen LogP contribution in [0.1, 0.15) is 29.5 Å². The van der Waals surface area contributed by atoms with Crippen LogP contribution in [0.25, 0.3) is 17.7 Å². The van der Waals surface area contributed by atoms with E-state index in [9.17, 15) is 0 Å². The third-order valence-electron chi connectivity index (χ3n) is 10.1. The van der Waals surface area contributed by atoms with E-state index in [0.717, 1.165) is 29.9 Å². The normalized spacial score (nSPS) is 16.7. The Balaban J connectivity index is 0.859. The zero-order chi connectivity index (χ0) is 36.4. The van der Waals surface area contributed by atoms with Crippen molar-refractivity contribution >= 4 is 46.2 Å². The predicted molar refractivity (Wildman–Crippen MR) is 232 cm³/mol. The highest BCUT2D eigenvalue weighted by molar-refractivity contribution is 5.78. The number of hydrogen-bond acceptors (Lipinski definition) is 2. The average Bonchev–Trinajstić information content (AvgIpc) is 3.25. The smallest absolute Gasteiger partial charge is 0.0560 e. The Morgan fingerprint density at radius 2 is 0.944 bits per heavy atom. The molecule has 262 valence electrons. The maximum atomic E-state index is 2.42. The molecule has 0 spiro atoms. The fraction of sp³-hybridized carbons (Fsp3) is 0.0769. The molecule has 0 radical (unpaired) electrons. The lowest BCUT2D eigenvalue weighted by Gasteiger charge is -2.33. The molecule has 2 unspecified atom stereocenters. The van der Waals surface area contributed by atoms with Crippen LogP contribution in [0.2, 0.25) is 0 Å². The van der Waals surface area contributed by atoms with E-state index in [2.05, 4.69) is 240 Å². The summed E-state index contributed by atoms with van der Waals surface area (Å²) in [6, 6.07) is 60.4. The minimum absolute atomic E-state index is 0.265. The largest absolute Gasteiger partial charge is 0.334 e. The first kappa shape index (κ1) is 34.4. The molecule has 0 bridgehead atoms. The molecule has 2 heteroatoms. The van der Waals surface area contributed by atoms with Gasteiger partial charge in [0.15, 0.2) is 0 Å².